The number of ether oxygens (including phenoxy) is 1. The van der Waals surface area contributed by atoms with Crippen molar-refractivity contribution in [3.63, 3.8) is 0 Å². The van der Waals surface area contributed by atoms with Gasteiger partial charge in [0.05, 0.1) is 18.6 Å². The van der Waals surface area contributed by atoms with Crippen molar-refractivity contribution < 1.29 is 18.1 Å². The largest absolute Gasteiger partial charge is 0.455 e. The van der Waals surface area contributed by atoms with Gasteiger partial charge in [0.1, 0.15) is 11.6 Å². The first-order valence-electron chi connectivity index (χ1n) is 8.49. The molecule has 1 unspecified atom stereocenters. The molecular weight excluding hydrogens is 337 g/mol. The van der Waals surface area contributed by atoms with Crippen molar-refractivity contribution in [2.24, 2.45) is 0 Å². The lowest BCUT2D eigenvalue weighted by Crippen LogP contribution is -2.29. The van der Waals surface area contributed by atoms with Crippen LogP contribution in [0.5, 0.6) is 0 Å². The van der Waals surface area contributed by atoms with Crippen molar-refractivity contribution in [1.29, 1.82) is 0 Å². The van der Waals surface area contributed by atoms with Crippen molar-refractivity contribution in [3.8, 4) is 11.7 Å². The maximum atomic E-state index is 13.3. The van der Waals surface area contributed by atoms with Crippen LogP contribution in [0.4, 0.5) is 4.39 Å². The van der Waals surface area contributed by atoms with Gasteiger partial charge in [-0.2, -0.15) is 4.98 Å². The summed E-state index contributed by atoms with van der Waals surface area (Å²) < 4.78 is 30.2. The number of furan rings is 1. The van der Waals surface area contributed by atoms with Gasteiger partial charge in [0, 0.05) is 6.61 Å². The van der Waals surface area contributed by atoms with Gasteiger partial charge in [0.25, 0.3) is 5.89 Å². The van der Waals surface area contributed by atoms with Crippen molar-refractivity contribution >= 4 is 0 Å². The van der Waals surface area contributed by atoms with E-state index in [2.05, 4.69) is 10.1 Å². The molecule has 7 heteroatoms. The Kier molecular flexibility index (Phi) is 4.34. The fourth-order valence-corrected chi connectivity index (χ4v) is 3.27. The third-order valence-corrected chi connectivity index (χ3v) is 4.62. The summed E-state index contributed by atoms with van der Waals surface area (Å²) in [4.78, 5) is 6.58. The molecule has 1 aliphatic heterocycles. The Morgan fingerprint density at radius 2 is 1.96 bits per heavy atom. The quantitative estimate of drug-likeness (QED) is 0.698. The second-order valence-corrected chi connectivity index (χ2v) is 6.82. The third kappa shape index (κ3) is 3.04. The van der Waals surface area contributed by atoms with Gasteiger partial charge in [-0.15, -0.1) is 0 Å². The maximum absolute atomic E-state index is 13.3. The summed E-state index contributed by atoms with van der Waals surface area (Å²) in [5.41, 5.74) is 0.380. The van der Waals surface area contributed by atoms with E-state index < -0.39 is 5.41 Å². The molecule has 0 bridgehead atoms. The average molecular weight is 357 g/mol. The zero-order valence-electron chi connectivity index (χ0n) is 14.7. The normalized spacial score (nSPS) is 20.2. The Balaban J connectivity index is 1.67. The molecule has 4 rings (SSSR count). The van der Waals surface area contributed by atoms with Crippen LogP contribution in [-0.2, 0) is 16.7 Å². The van der Waals surface area contributed by atoms with Gasteiger partial charge in [0.2, 0.25) is 0 Å². The molecule has 2 aromatic heterocycles. The predicted molar refractivity (Wildman–Crippen MR) is 92.0 cm³/mol. The van der Waals surface area contributed by atoms with E-state index in [9.17, 15) is 4.39 Å². The Bertz CT molecular complexity index is 880. The number of rotatable bonds is 5. The highest BCUT2D eigenvalue weighted by Crippen LogP contribution is 2.39. The highest BCUT2D eigenvalue weighted by Gasteiger charge is 2.43. The first-order chi connectivity index (χ1) is 12.6. The molecule has 136 valence electrons. The minimum atomic E-state index is -0.533. The van der Waals surface area contributed by atoms with Crippen LogP contribution in [0.3, 0.4) is 0 Å². The summed E-state index contributed by atoms with van der Waals surface area (Å²) in [7, 11) is 3.94. The summed E-state index contributed by atoms with van der Waals surface area (Å²) >= 11 is 0. The molecule has 0 amide bonds. The lowest BCUT2D eigenvalue weighted by Gasteiger charge is -2.23. The molecule has 1 fully saturated rings. The minimum absolute atomic E-state index is 0.277. The molecule has 6 nitrogen and oxygen atoms in total. The van der Waals surface area contributed by atoms with Crippen LogP contribution in [0.25, 0.3) is 11.7 Å². The Labute approximate surface area is 150 Å². The van der Waals surface area contributed by atoms with Crippen LogP contribution in [-0.4, -0.2) is 42.3 Å². The molecule has 1 aromatic carbocycles. The summed E-state index contributed by atoms with van der Waals surface area (Å²) in [5, 5.41) is 4.19. The summed E-state index contributed by atoms with van der Waals surface area (Å²) in [6.07, 6.45) is 0.710. The molecule has 0 aliphatic carbocycles. The second-order valence-electron chi connectivity index (χ2n) is 6.82. The smallest absolute Gasteiger partial charge is 0.293 e. The Morgan fingerprint density at radius 3 is 2.65 bits per heavy atom. The Hall–Kier alpha value is -2.51. The predicted octanol–water partition coefficient (Wildman–Crippen LogP) is 3.24. The topological polar surface area (TPSA) is 64.5 Å². The van der Waals surface area contributed by atoms with Crippen molar-refractivity contribution in [1.82, 2.24) is 15.0 Å². The van der Waals surface area contributed by atoms with E-state index >= 15 is 0 Å². The van der Waals surface area contributed by atoms with E-state index in [0.717, 1.165) is 11.3 Å². The van der Waals surface area contributed by atoms with E-state index in [-0.39, 0.29) is 5.82 Å². The zero-order valence-corrected chi connectivity index (χ0v) is 14.7. The molecule has 0 N–H and O–H groups in total. The monoisotopic (exact) mass is 357 g/mol. The van der Waals surface area contributed by atoms with Gasteiger partial charge in [-0.25, -0.2) is 4.39 Å². The lowest BCUT2D eigenvalue weighted by molar-refractivity contribution is 0.182. The van der Waals surface area contributed by atoms with Gasteiger partial charge >= 0.3 is 0 Å². The van der Waals surface area contributed by atoms with Crippen LogP contribution < -0.4 is 0 Å². The van der Waals surface area contributed by atoms with Crippen LogP contribution in [0.15, 0.2) is 45.3 Å². The summed E-state index contributed by atoms with van der Waals surface area (Å²) in [5.74, 6) is 1.94. The van der Waals surface area contributed by atoms with E-state index in [4.69, 9.17) is 13.7 Å². The van der Waals surface area contributed by atoms with Crippen molar-refractivity contribution in [2.75, 3.05) is 27.3 Å². The van der Waals surface area contributed by atoms with Crippen LogP contribution in [0.1, 0.15) is 23.6 Å². The third-order valence-electron chi connectivity index (χ3n) is 4.62. The van der Waals surface area contributed by atoms with Crippen LogP contribution in [0.2, 0.25) is 0 Å². The van der Waals surface area contributed by atoms with E-state index in [0.29, 0.717) is 43.7 Å². The highest BCUT2D eigenvalue weighted by atomic mass is 19.1. The number of aromatic nitrogens is 2. The van der Waals surface area contributed by atoms with Crippen LogP contribution in [0, 0.1) is 5.82 Å². The highest BCUT2D eigenvalue weighted by molar-refractivity contribution is 5.45. The molecule has 1 atom stereocenters. The lowest BCUT2D eigenvalue weighted by atomic mass is 9.79. The van der Waals surface area contributed by atoms with Gasteiger partial charge < -0.3 is 18.6 Å². The zero-order chi connectivity index (χ0) is 18.1. The van der Waals surface area contributed by atoms with Gasteiger partial charge in [-0.1, -0.05) is 17.3 Å². The van der Waals surface area contributed by atoms with E-state index in [1.54, 1.807) is 12.1 Å². The fourth-order valence-electron chi connectivity index (χ4n) is 3.27. The molecule has 1 saturated heterocycles. The molecule has 0 saturated carbocycles. The molecule has 0 spiro atoms. The summed E-state index contributed by atoms with van der Waals surface area (Å²) in [6, 6.07) is 10.1. The molecule has 3 aromatic rings. The first-order valence-corrected chi connectivity index (χ1v) is 8.49. The first kappa shape index (κ1) is 16.9. The van der Waals surface area contributed by atoms with Crippen molar-refractivity contribution in [3.05, 3.63) is 59.4 Å². The number of hydrogen-bond donors (Lipinski definition) is 0. The number of benzene rings is 1. The molecule has 1 aliphatic rings. The number of halogens is 1. The molecule has 3 heterocycles. The summed E-state index contributed by atoms with van der Waals surface area (Å²) in [6.45, 7) is 1.71. The molecular formula is C19H20FN3O3. The maximum Gasteiger partial charge on any atom is 0.293 e. The van der Waals surface area contributed by atoms with Gasteiger partial charge in [-0.3, -0.25) is 0 Å². The second kappa shape index (κ2) is 6.66. The fraction of sp³-hybridized carbons (Fsp3) is 0.368. The van der Waals surface area contributed by atoms with E-state index in [1.165, 1.54) is 12.1 Å². The van der Waals surface area contributed by atoms with Gasteiger partial charge in [0.15, 0.2) is 11.6 Å². The van der Waals surface area contributed by atoms with E-state index in [1.807, 2.05) is 31.1 Å². The molecule has 0 radical (unpaired) electrons. The van der Waals surface area contributed by atoms with Crippen LogP contribution >= 0.6 is 0 Å². The average Bonchev–Trinajstić information content (AvgIpc) is 3.35. The minimum Gasteiger partial charge on any atom is -0.455 e. The van der Waals surface area contributed by atoms with Crippen molar-refractivity contribution in [2.45, 2.75) is 18.4 Å². The van der Waals surface area contributed by atoms with Gasteiger partial charge in [-0.05, 0) is 50.3 Å². The molecule has 26 heavy (non-hydrogen) atoms. The Morgan fingerprint density at radius 1 is 1.15 bits per heavy atom. The SMILES string of the molecule is CN(C)Cc1ccc(-c2nc(C3(c4ccc(F)cc4)CCOC3)no2)o1. The number of hydrogen-bond acceptors (Lipinski definition) is 6. The number of nitrogens with zero attached hydrogens (tertiary/aromatic N) is 3. The standard InChI is InChI=1S/C19H20FN3O3/c1-23(2)11-15-7-8-16(25-15)17-21-18(22-26-17)19(9-10-24-12-19)13-3-5-14(20)6-4-13/h3-8H,9-12H2,1-2H3.